The first-order chi connectivity index (χ1) is 6.49. The molecule has 1 unspecified atom stereocenters. The molecular weight excluding hydrogens is 224 g/mol. The number of halogens is 1. The fourth-order valence-electron chi connectivity index (χ4n) is 2.40. The molecule has 14 heavy (non-hydrogen) atoms. The maximum absolute atomic E-state index is 10.9. The van der Waals surface area contributed by atoms with Crippen molar-refractivity contribution in [3.63, 3.8) is 0 Å². The monoisotopic (exact) mass is 238 g/mol. The van der Waals surface area contributed by atoms with Crippen LogP contribution in [0, 0.1) is 0 Å². The van der Waals surface area contributed by atoms with Crippen LogP contribution in [0.4, 0.5) is 0 Å². The maximum Gasteiger partial charge on any atom is 0.235 e. The second-order valence-corrected chi connectivity index (χ2v) is 7.20. The van der Waals surface area contributed by atoms with E-state index >= 15 is 0 Å². The molecule has 0 N–H and O–H groups in total. The largest absolute Gasteiger partial charge is 0.371 e. The smallest absolute Gasteiger partial charge is 0.235 e. The van der Waals surface area contributed by atoms with Crippen LogP contribution in [0.15, 0.2) is 0 Å². The lowest BCUT2D eigenvalue weighted by molar-refractivity contribution is -0.161. The molecule has 1 aliphatic carbocycles. The Morgan fingerprint density at radius 1 is 1.29 bits per heavy atom. The predicted molar refractivity (Wildman–Crippen MR) is 54.9 cm³/mol. The molecule has 0 aromatic rings. The highest BCUT2D eigenvalue weighted by Gasteiger charge is 2.42. The van der Waals surface area contributed by atoms with E-state index in [9.17, 15) is 8.42 Å². The molecule has 3 nitrogen and oxygen atoms in total. The molecule has 1 spiro atoms. The molecule has 0 amide bonds. The van der Waals surface area contributed by atoms with Gasteiger partial charge in [-0.05, 0) is 38.5 Å². The normalized spacial score (nSPS) is 31.4. The maximum atomic E-state index is 10.9. The van der Waals surface area contributed by atoms with Gasteiger partial charge in [0.05, 0.1) is 17.5 Å². The molecule has 2 fully saturated rings. The van der Waals surface area contributed by atoms with E-state index in [0.29, 0.717) is 0 Å². The van der Waals surface area contributed by atoms with Crippen molar-refractivity contribution in [2.45, 2.75) is 50.2 Å². The van der Waals surface area contributed by atoms with E-state index in [4.69, 9.17) is 15.4 Å². The van der Waals surface area contributed by atoms with Gasteiger partial charge in [-0.3, -0.25) is 0 Å². The Morgan fingerprint density at radius 2 is 1.93 bits per heavy atom. The van der Waals surface area contributed by atoms with Gasteiger partial charge in [0.2, 0.25) is 9.05 Å². The van der Waals surface area contributed by atoms with Crippen LogP contribution in [0.3, 0.4) is 0 Å². The third-order valence-electron chi connectivity index (χ3n) is 3.22. The van der Waals surface area contributed by atoms with Crippen molar-refractivity contribution in [3.05, 3.63) is 0 Å². The molecule has 1 saturated carbocycles. The second kappa shape index (κ2) is 3.65. The molecular formula is C9H15ClO3S. The summed E-state index contributed by atoms with van der Waals surface area (Å²) < 4.78 is 27.6. The zero-order chi connectivity index (χ0) is 10.2. The summed E-state index contributed by atoms with van der Waals surface area (Å²) in [4.78, 5) is 0. The molecule has 0 aromatic heterocycles. The molecule has 5 heteroatoms. The van der Waals surface area contributed by atoms with Crippen LogP contribution in [0.1, 0.15) is 38.5 Å². The Hall–Kier alpha value is 0.200. The topological polar surface area (TPSA) is 43.4 Å². The van der Waals surface area contributed by atoms with Gasteiger partial charge in [0, 0.05) is 10.7 Å². The van der Waals surface area contributed by atoms with E-state index < -0.39 is 9.05 Å². The lowest BCUT2D eigenvalue weighted by Gasteiger charge is -2.47. The van der Waals surface area contributed by atoms with Crippen molar-refractivity contribution in [1.82, 2.24) is 0 Å². The Balaban J connectivity index is 1.94. The third kappa shape index (κ3) is 2.41. The van der Waals surface area contributed by atoms with Crippen molar-refractivity contribution in [2.75, 3.05) is 5.75 Å². The van der Waals surface area contributed by atoms with Crippen molar-refractivity contribution in [2.24, 2.45) is 0 Å². The Kier molecular flexibility index (Phi) is 2.79. The highest BCUT2D eigenvalue weighted by atomic mass is 35.7. The first-order valence-electron chi connectivity index (χ1n) is 5.09. The highest BCUT2D eigenvalue weighted by molar-refractivity contribution is 8.13. The summed E-state index contributed by atoms with van der Waals surface area (Å²) in [5.74, 6) is -0.0314. The summed E-state index contributed by atoms with van der Waals surface area (Å²) in [5.41, 5.74) is 0.0183. The van der Waals surface area contributed by atoms with E-state index in [1.807, 2.05) is 0 Å². The first-order valence-corrected chi connectivity index (χ1v) is 7.57. The van der Waals surface area contributed by atoms with Crippen LogP contribution < -0.4 is 0 Å². The molecule has 0 aromatic carbocycles. The van der Waals surface area contributed by atoms with Crippen LogP contribution >= 0.6 is 10.7 Å². The average molecular weight is 239 g/mol. The van der Waals surface area contributed by atoms with Crippen molar-refractivity contribution >= 4 is 19.7 Å². The zero-order valence-corrected chi connectivity index (χ0v) is 9.61. The zero-order valence-electron chi connectivity index (χ0n) is 8.04. The summed E-state index contributed by atoms with van der Waals surface area (Å²) in [6.45, 7) is 0. The summed E-state index contributed by atoms with van der Waals surface area (Å²) >= 11 is 0. The molecule has 1 saturated heterocycles. The van der Waals surface area contributed by atoms with Gasteiger partial charge in [-0.1, -0.05) is 0 Å². The predicted octanol–water partition coefficient (Wildman–Crippen LogP) is 2.05. The van der Waals surface area contributed by atoms with Gasteiger partial charge in [-0.2, -0.15) is 0 Å². The summed E-state index contributed by atoms with van der Waals surface area (Å²) in [7, 11) is 1.80. The first kappa shape index (κ1) is 10.7. The molecule has 2 rings (SSSR count). The summed E-state index contributed by atoms with van der Waals surface area (Å²) in [6.07, 6.45) is 6.20. The van der Waals surface area contributed by atoms with Crippen molar-refractivity contribution < 1.29 is 13.2 Å². The minimum absolute atomic E-state index is 0.0183. The van der Waals surface area contributed by atoms with Crippen LogP contribution in [-0.2, 0) is 13.8 Å². The van der Waals surface area contributed by atoms with Crippen molar-refractivity contribution in [3.8, 4) is 0 Å². The fourth-order valence-corrected chi connectivity index (χ4v) is 3.50. The Labute approximate surface area is 89.2 Å². The molecule has 0 bridgehead atoms. The lowest BCUT2D eigenvalue weighted by Crippen LogP contribution is -2.47. The molecule has 1 atom stereocenters. The molecule has 1 aliphatic heterocycles. The SMILES string of the molecule is O=S(=O)(Cl)CC1CCCC2(CCC2)O1. The van der Waals surface area contributed by atoms with Crippen LogP contribution in [0.2, 0.25) is 0 Å². The summed E-state index contributed by atoms with van der Waals surface area (Å²) in [6, 6.07) is 0. The van der Waals surface area contributed by atoms with Crippen molar-refractivity contribution in [1.29, 1.82) is 0 Å². The van der Waals surface area contributed by atoms with Gasteiger partial charge in [-0.15, -0.1) is 0 Å². The number of rotatable bonds is 2. The van der Waals surface area contributed by atoms with Crippen LogP contribution in [0.5, 0.6) is 0 Å². The van der Waals surface area contributed by atoms with Gasteiger partial charge in [-0.25, -0.2) is 8.42 Å². The molecule has 0 radical (unpaired) electrons. The van der Waals surface area contributed by atoms with E-state index in [0.717, 1.165) is 32.1 Å². The van der Waals surface area contributed by atoms with Crippen LogP contribution in [-0.4, -0.2) is 25.9 Å². The molecule has 1 heterocycles. The Bertz CT molecular complexity index is 308. The average Bonchev–Trinajstić information content (AvgIpc) is 1.99. The van der Waals surface area contributed by atoms with E-state index in [2.05, 4.69) is 0 Å². The van der Waals surface area contributed by atoms with Gasteiger partial charge in [0.1, 0.15) is 0 Å². The summed E-state index contributed by atoms with van der Waals surface area (Å²) in [5, 5.41) is 0. The van der Waals surface area contributed by atoms with Gasteiger partial charge in [0.15, 0.2) is 0 Å². The number of hydrogen-bond donors (Lipinski definition) is 0. The van der Waals surface area contributed by atoms with E-state index in [1.165, 1.54) is 6.42 Å². The van der Waals surface area contributed by atoms with Crippen LogP contribution in [0.25, 0.3) is 0 Å². The van der Waals surface area contributed by atoms with E-state index in [1.54, 1.807) is 0 Å². The number of hydrogen-bond acceptors (Lipinski definition) is 3. The molecule has 82 valence electrons. The fraction of sp³-hybridized carbons (Fsp3) is 1.00. The highest BCUT2D eigenvalue weighted by Crippen LogP contribution is 2.44. The quantitative estimate of drug-likeness (QED) is 0.692. The van der Waals surface area contributed by atoms with Gasteiger partial charge in [0.25, 0.3) is 0 Å². The minimum Gasteiger partial charge on any atom is -0.371 e. The minimum atomic E-state index is -3.41. The third-order valence-corrected chi connectivity index (χ3v) is 4.37. The second-order valence-electron chi connectivity index (χ2n) is 4.37. The standard InChI is InChI=1S/C9H15ClO3S/c10-14(11,12)7-8-3-1-4-9(13-8)5-2-6-9/h8H,1-7H2. The molecule has 2 aliphatic rings. The van der Waals surface area contributed by atoms with E-state index in [-0.39, 0.29) is 17.5 Å². The van der Waals surface area contributed by atoms with Gasteiger partial charge < -0.3 is 4.74 Å². The lowest BCUT2D eigenvalue weighted by atomic mass is 9.74. The number of ether oxygens (including phenoxy) is 1. The Morgan fingerprint density at radius 3 is 2.43 bits per heavy atom. The van der Waals surface area contributed by atoms with Gasteiger partial charge >= 0.3 is 0 Å².